The molecule has 0 aliphatic carbocycles. The second-order valence-electron chi connectivity index (χ2n) is 3.93. The van der Waals surface area contributed by atoms with Crippen molar-refractivity contribution in [1.29, 1.82) is 0 Å². The second kappa shape index (κ2) is 5.39. The molecule has 4 nitrogen and oxygen atoms in total. The van der Waals surface area contributed by atoms with Crippen LogP contribution in [0.5, 0.6) is 11.5 Å². The largest absolute Gasteiger partial charge is 0.508 e. The van der Waals surface area contributed by atoms with Gasteiger partial charge in [-0.25, -0.2) is 4.79 Å². The summed E-state index contributed by atoms with van der Waals surface area (Å²) in [6.07, 6.45) is 2.35. The van der Waals surface area contributed by atoms with Crippen LogP contribution in [0, 0.1) is 0 Å². The molecule has 0 radical (unpaired) electrons. The van der Waals surface area contributed by atoms with Crippen LogP contribution in [0.4, 0.5) is 0 Å². The molecule has 1 rings (SSSR count). The van der Waals surface area contributed by atoms with Crippen LogP contribution in [0.3, 0.4) is 0 Å². The Labute approximate surface area is 100 Å². The highest BCUT2D eigenvalue weighted by Gasteiger charge is 2.17. The van der Waals surface area contributed by atoms with E-state index < -0.39 is 5.97 Å². The molecule has 1 aromatic carbocycles. The molecular weight excluding hydrogens is 220 g/mol. The number of carboxylic acids is 1. The lowest BCUT2D eigenvalue weighted by Gasteiger charge is -2.11. The molecule has 17 heavy (non-hydrogen) atoms. The molecule has 92 valence electrons. The van der Waals surface area contributed by atoms with Crippen molar-refractivity contribution in [3.05, 3.63) is 34.9 Å². The molecule has 0 unspecified atom stereocenters. The molecule has 0 aliphatic rings. The van der Waals surface area contributed by atoms with Crippen LogP contribution in [-0.2, 0) is 6.42 Å². The number of phenols is 1. The van der Waals surface area contributed by atoms with Crippen molar-refractivity contribution < 1.29 is 19.7 Å². The molecular formula is C13H16O4. The summed E-state index contributed by atoms with van der Waals surface area (Å²) in [5.41, 5.74) is 1.64. The molecule has 0 aromatic heterocycles. The maximum atomic E-state index is 11.0. The van der Waals surface area contributed by atoms with E-state index >= 15 is 0 Å². The molecule has 0 aliphatic heterocycles. The van der Waals surface area contributed by atoms with Gasteiger partial charge in [-0.05, 0) is 32.4 Å². The lowest BCUT2D eigenvalue weighted by molar-refractivity contribution is 0.0693. The van der Waals surface area contributed by atoms with Crippen molar-refractivity contribution >= 4 is 5.97 Å². The minimum atomic E-state index is -1.07. The Bertz CT molecular complexity index is 457. The minimum Gasteiger partial charge on any atom is -0.508 e. The van der Waals surface area contributed by atoms with E-state index in [-0.39, 0.29) is 17.1 Å². The summed E-state index contributed by atoms with van der Waals surface area (Å²) < 4.78 is 5.08. The average Bonchev–Trinajstić information content (AvgIpc) is 2.26. The summed E-state index contributed by atoms with van der Waals surface area (Å²) in [6.45, 7) is 3.87. The number of aromatic carboxylic acids is 1. The Kier molecular flexibility index (Phi) is 4.15. The Balaban J connectivity index is 3.30. The summed E-state index contributed by atoms with van der Waals surface area (Å²) in [5, 5.41) is 18.8. The van der Waals surface area contributed by atoms with Gasteiger partial charge in [0.25, 0.3) is 0 Å². The maximum Gasteiger partial charge on any atom is 0.339 e. The molecule has 1 aromatic rings. The van der Waals surface area contributed by atoms with Crippen LogP contribution in [0.1, 0.15) is 29.8 Å². The third-order valence-electron chi connectivity index (χ3n) is 2.38. The van der Waals surface area contributed by atoms with E-state index in [0.717, 1.165) is 5.57 Å². The Morgan fingerprint density at radius 1 is 1.41 bits per heavy atom. The lowest BCUT2D eigenvalue weighted by Crippen LogP contribution is -2.03. The zero-order chi connectivity index (χ0) is 13.0. The summed E-state index contributed by atoms with van der Waals surface area (Å²) in [7, 11) is 1.40. The van der Waals surface area contributed by atoms with Crippen LogP contribution in [0.15, 0.2) is 23.8 Å². The monoisotopic (exact) mass is 236 g/mol. The SMILES string of the molecule is COc1c(C(=O)O)ccc(O)c1CC=C(C)C. The van der Waals surface area contributed by atoms with Gasteiger partial charge < -0.3 is 14.9 Å². The zero-order valence-corrected chi connectivity index (χ0v) is 10.2. The van der Waals surface area contributed by atoms with Gasteiger partial charge in [0.15, 0.2) is 0 Å². The van der Waals surface area contributed by atoms with Gasteiger partial charge in [0, 0.05) is 5.56 Å². The average molecular weight is 236 g/mol. The number of carbonyl (C=O) groups is 1. The fourth-order valence-corrected chi connectivity index (χ4v) is 1.52. The topological polar surface area (TPSA) is 66.8 Å². The predicted octanol–water partition coefficient (Wildman–Crippen LogP) is 2.61. The Hall–Kier alpha value is -1.97. The van der Waals surface area contributed by atoms with Crippen molar-refractivity contribution in [3.8, 4) is 11.5 Å². The zero-order valence-electron chi connectivity index (χ0n) is 10.2. The number of phenolic OH excluding ortho intramolecular Hbond substituents is 1. The summed E-state index contributed by atoms with van der Waals surface area (Å²) in [6, 6.07) is 2.71. The number of rotatable bonds is 4. The van der Waals surface area contributed by atoms with Crippen LogP contribution in [0.2, 0.25) is 0 Å². The molecule has 4 heteroatoms. The molecule has 0 atom stereocenters. The lowest BCUT2D eigenvalue weighted by atomic mass is 10.0. The van der Waals surface area contributed by atoms with Crippen LogP contribution >= 0.6 is 0 Å². The summed E-state index contributed by atoms with van der Waals surface area (Å²) >= 11 is 0. The predicted molar refractivity (Wildman–Crippen MR) is 64.8 cm³/mol. The van der Waals surface area contributed by atoms with E-state index in [1.54, 1.807) is 0 Å². The van der Waals surface area contributed by atoms with Gasteiger partial charge in [-0.1, -0.05) is 11.6 Å². The molecule has 2 N–H and O–H groups in total. The number of aromatic hydroxyl groups is 1. The standard InChI is InChI=1S/C13H16O4/c1-8(2)4-5-9-11(14)7-6-10(13(15)16)12(9)17-3/h4,6-7,14H,5H2,1-3H3,(H,15,16). The van der Waals surface area contributed by atoms with E-state index in [1.165, 1.54) is 19.2 Å². The smallest absolute Gasteiger partial charge is 0.339 e. The van der Waals surface area contributed by atoms with Gasteiger partial charge in [0.05, 0.1) is 7.11 Å². The fourth-order valence-electron chi connectivity index (χ4n) is 1.52. The van der Waals surface area contributed by atoms with E-state index in [9.17, 15) is 9.90 Å². The Morgan fingerprint density at radius 2 is 2.06 bits per heavy atom. The minimum absolute atomic E-state index is 0.0457. The van der Waals surface area contributed by atoms with Gasteiger partial charge in [-0.3, -0.25) is 0 Å². The second-order valence-corrected chi connectivity index (χ2v) is 3.93. The highest BCUT2D eigenvalue weighted by molar-refractivity contribution is 5.92. The number of hydrogen-bond donors (Lipinski definition) is 2. The first kappa shape index (κ1) is 13.1. The van der Waals surface area contributed by atoms with Crippen LogP contribution in [0.25, 0.3) is 0 Å². The molecule has 0 bridgehead atoms. The van der Waals surface area contributed by atoms with Crippen molar-refractivity contribution in [3.63, 3.8) is 0 Å². The maximum absolute atomic E-state index is 11.0. The first-order chi connectivity index (χ1) is 7.97. The number of hydrogen-bond acceptors (Lipinski definition) is 3. The molecule has 0 saturated heterocycles. The van der Waals surface area contributed by atoms with E-state index in [1.807, 2.05) is 19.9 Å². The molecule has 0 spiro atoms. The summed E-state index contributed by atoms with van der Waals surface area (Å²) in [4.78, 5) is 11.0. The van der Waals surface area contributed by atoms with E-state index in [4.69, 9.17) is 9.84 Å². The third-order valence-corrected chi connectivity index (χ3v) is 2.38. The first-order valence-corrected chi connectivity index (χ1v) is 5.22. The number of carboxylic acid groups (broad SMARTS) is 1. The van der Waals surface area contributed by atoms with Crippen LogP contribution < -0.4 is 4.74 Å². The number of benzene rings is 1. The van der Waals surface area contributed by atoms with Crippen molar-refractivity contribution in [2.45, 2.75) is 20.3 Å². The Morgan fingerprint density at radius 3 is 2.53 bits per heavy atom. The van der Waals surface area contributed by atoms with Gasteiger partial charge in [-0.15, -0.1) is 0 Å². The third kappa shape index (κ3) is 3.00. The van der Waals surface area contributed by atoms with Gasteiger partial charge in [0.1, 0.15) is 17.1 Å². The highest BCUT2D eigenvalue weighted by atomic mass is 16.5. The number of methoxy groups -OCH3 is 1. The molecule has 0 heterocycles. The van der Waals surface area contributed by atoms with Crippen molar-refractivity contribution in [2.75, 3.05) is 7.11 Å². The van der Waals surface area contributed by atoms with Crippen molar-refractivity contribution in [1.82, 2.24) is 0 Å². The van der Waals surface area contributed by atoms with Gasteiger partial charge >= 0.3 is 5.97 Å². The molecule has 0 fully saturated rings. The quantitative estimate of drug-likeness (QED) is 0.788. The van der Waals surface area contributed by atoms with Gasteiger partial charge in [-0.2, -0.15) is 0 Å². The van der Waals surface area contributed by atoms with Gasteiger partial charge in [0.2, 0.25) is 0 Å². The molecule has 0 saturated carbocycles. The summed E-state index contributed by atoms with van der Waals surface area (Å²) in [5.74, 6) is -0.806. The highest BCUT2D eigenvalue weighted by Crippen LogP contribution is 2.32. The van der Waals surface area contributed by atoms with E-state index in [2.05, 4.69) is 0 Å². The van der Waals surface area contributed by atoms with Crippen molar-refractivity contribution in [2.24, 2.45) is 0 Å². The fraction of sp³-hybridized carbons (Fsp3) is 0.308. The van der Waals surface area contributed by atoms with E-state index in [0.29, 0.717) is 12.0 Å². The van der Waals surface area contributed by atoms with Crippen LogP contribution in [-0.4, -0.2) is 23.3 Å². The number of allylic oxidation sites excluding steroid dienone is 2. The normalized spacial score (nSPS) is 9.82. The molecule has 0 amide bonds. The first-order valence-electron chi connectivity index (χ1n) is 5.22. The number of ether oxygens (including phenoxy) is 1.